The van der Waals surface area contributed by atoms with Gasteiger partial charge in [0, 0.05) is 18.9 Å². The van der Waals surface area contributed by atoms with E-state index in [1.165, 1.54) is 0 Å². The largest absolute Gasteiger partial charge is 0.480 e. The lowest BCUT2D eigenvalue weighted by molar-refractivity contribution is -0.141. The van der Waals surface area contributed by atoms with Crippen molar-refractivity contribution < 1.29 is 22.9 Å². The smallest absolute Gasteiger partial charge is 0.320 e. The molecule has 1 aliphatic rings. The van der Waals surface area contributed by atoms with Crippen molar-refractivity contribution in [3.63, 3.8) is 0 Å². The Morgan fingerprint density at radius 1 is 1.45 bits per heavy atom. The summed E-state index contributed by atoms with van der Waals surface area (Å²) >= 11 is 0. The van der Waals surface area contributed by atoms with Gasteiger partial charge < -0.3 is 14.9 Å². The van der Waals surface area contributed by atoms with Gasteiger partial charge in [-0.05, 0) is 33.6 Å². The SMILES string of the molecule is C=CN1C=CN(CCCS(=O)(=O)O)C1.CC(C(=O)O)N(C)C. The van der Waals surface area contributed by atoms with Crippen molar-refractivity contribution >= 4 is 16.1 Å². The Balaban J connectivity index is 0.000000472. The van der Waals surface area contributed by atoms with Crippen LogP contribution >= 0.6 is 0 Å². The maximum Gasteiger partial charge on any atom is 0.320 e. The first kappa shape index (κ1) is 20.4. The molecule has 1 heterocycles. The summed E-state index contributed by atoms with van der Waals surface area (Å²) in [7, 11) is -0.350. The molecule has 1 aliphatic heterocycles. The summed E-state index contributed by atoms with van der Waals surface area (Å²) in [5.74, 6) is -0.971. The third-order valence-corrected chi connectivity index (χ3v) is 3.83. The third-order valence-electron chi connectivity index (χ3n) is 3.03. The number of carbonyl (C=O) groups is 1. The molecular weight excluding hydrogens is 310 g/mol. The van der Waals surface area contributed by atoms with Crippen molar-refractivity contribution in [1.82, 2.24) is 14.7 Å². The average molecular weight is 335 g/mol. The van der Waals surface area contributed by atoms with E-state index in [0.717, 1.165) is 0 Å². The van der Waals surface area contributed by atoms with Gasteiger partial charge in [0.15, 0.2) is 0 Å². The molecule has 0 aliphatic carbocycles. The number of likely N-dealkylation sites (N-methyl/N-ethyl adjacent to an activating group) is 1. The number of nitrogens with zero attached hydrogens (tertiary/aromatic N) is 3. The van der Waals surface area contributed by atoms with E-state index in [9.17, 15) is 13.2 Å². The standard InChI is InChI=1S/C8H14N2O3S.C5H11NO2/c1-2-9-5-6-10(8-9)4-3-7-14(11,12)13;1-4(5(7)8)6(2)3/h2,5-6H,1,3-4,7-8H2,(H,11,12,13);4H,1-3H3,(H,7,8). The van der Waals surface area contributed by atoms with Crippen LogP contribution in [0.1, 0.15) is 13.3 Å². The van der Waals surface area contributed by atoms with Gasteiger partial charge in [-0.25, -0.2) is 0 Å². The second-order valence-electron chi connectivity index (χ2n) is 5.07. The minimum Gasteiger partial charge on any atom is -0.480 e. The zero-order valence-corrected chi connectivity index (χ0v) is 14.0. The normalized spacial score (nSPS) is 15.5. The molecule has 8 nitrogen and oxygen atoms in total. The predicted molar refractivity (Wildman–Crippen MR) is 84.6 cm³/mol. The monoisotopic (exact) mass is 335 g/mol. The minimum absolute atomic E-state index is 0.189. The molecule has 1 rings (SSSR count). The quantitative estimate of drug-likeness (QED) is 0.648. The summed E-state index contributed by atoms with van der Waals surface area (Å²) in [5.41, 5.74) is 0. The number of aliphatic carboxylic acids is 1. The van der Waals surface area contributed by atoms with E-state index < -0.39 is 16.1 Å². The van der Waals surface area contributed by atoms with Crippen LogP contribution in [0, 0.1) is 0 Å². The summed E-state index contributed by atoms with van der Waals surface area (Å²) in [6.07, 6.45) is 5.85. The molecule has 1 unspecified atom stereocenters. The molecule has 0 amide bonds. The molecule has 0 bridgehead atoms. The molecule has 0 aromatic carbocycles. The van der Waals surface area contributed by atoms with Crippen LogP contribution in [-0.4, -0.2) is 77.8 Å². The van der Waals surface area contributed by atoms with E-state index in [0.29, 0.717) is 19.6 Å². The highest BCUT2D eigenvalue weighted by atomic mass is 32.2. The zero-order chi connectivity index (χ0) is 17.3. The summed E-state index contributed by atoms with van der Waals surface area (Å²) in [4.78, 5) is 15.6. The summed E-state index contributed by atoms with van der Waals surface area (Å²) in [6.45, 7) is 6.55. The van der Waals surface area contributed by atoms with Gasteiger partial charge in [-0.15, -0.1) is 0 Å². The van der Waals surface area contributed by atoms with Gasteiger partial charge in [0.2, 0.25) is 0 Å². The van der Waals surface area contributed by atoms with E-state index >= 15 is 0 Å². The van der Waals surface area contributed by atoms with Crippen molar-refractivity contribution in [2.75, 3.05) is 33.1 Å². The van der Waals surface area contributed by atoms with Crippen molar-refractivity contribution in [1.29, 1.82) is 0 Å². The molecule has 2 N–H and O–H groups in total. The molecule has 1 atom stereocenters. The lowest BCUT2D eigenvalue weighted by Gasteiger charge is -2.17. The number of carboxylic acid groups (broad SMARTS) is 1. The van der Waals surface area contributed by atoms with Crippen LogP contribution in [0.2, 0.25) is 0 Å². The number of hydrogen-bond donors (Lipinski definition) is 2. The van der Waals surface area contributed by atoms with Crippen molar-refractivity contribution in [2.45, 2.75) is 19.4 Å². The molecule has 0 saturated heterocycles. The fourth-order valence-corrected chi connectivity index (χ4v) is 1.91. The topological polar surface area (TPSA) is 101 Å². The molecule has 22 heavy (non-hydrogen) atoms. The third kappa shape index (κ3) is 9.37. The Labute approximate surface area is 132 Å². The number of rotatable bonds is 7. The Morgan fingerprint density at radius 2 is 2.05 bits per heavy atom. The Kier molecular flexibility index (Phi) is 8.76. The lowest BCUT2D eigenvalue weighted by atomic mass is 10.3. The van der Waals surface area contributed by atoms with Gasteiger partial charge in [0.25, 0.3) is 10.1 Å². The Morgan fingerprint density at radius 3 is 2.36 bits per heavy atom. The highest BCUT2D eigenvalue weighted by molar-refractivity contribution is 7.85. The summed E-state index contributed by atoms with van der Waals surface area (Å²) in [5, 5.41) is 8.31. The van der Waals surface area contributed by atoms with Crippen LogP contribution in [0.5, 0.6) is 0 Å². The first-order valence-electron chi connectivity index (χ1n) is 6.72. The minimum atomic E-state index is -3.82. The second-order valence-corrected chi connectivity index (χ2v) is 6.64. The summed E-state index contributed by atoms with van der Waals surface area (Å²) < 4.78 is 29.3. The first-order chi connectivity index (χ1) is 10.1. The molecule has 0 fully saturated rings. The average Bonchev–Trinajstić information content (AvgIpc) is 2.84. The summed E-state index contributed by atoms with van der Waals surface area (Å²) in [6, 6.07) is -0.380. The van der Waals surface area contributed by atoms with Crippen LogP contribution in [0.4, 0.5) is 0 Å². The predicted octanol–water partition coefficient (Wildman–Crippen LogP) is 0.475. The molecule has 128 valence electrons. The lowest BCUT2D eigenvalue weighted by Crippen LogP contribution is -2.32. The molecule has 0 spiro atoms. The molecule has 0 aromatic heterocycles. The van der Waals surface area contributed by atoms with Gasteiger partial charge in [-0.1, -0.05) is 6.58 Å². The second kappa shape index (κ2) is 9.44. The molecule has 0 saturated carbocycles. The van der Waals surface area contributed by atoms with E-state index in [2.05, 4.69) is 6.58 Å². The van der Waals surface area contributed by atoms with Crippen LogP contribution in [-0.2, 0) is 14.9 Å². The van der Waals surface area contributed by atoms with Crippen LogP contribution < -0.4 is 0 Å². The number of carboxylic acids is 1. The van der Waals surface area contributed by atoms with E-state index in [1.807, 2.05) is 22.2 Å². The van der Waals surface area contributed by atoms with Gasteiger partial charge >= 0.3 is 5.97 Å². The maximum absolute atomic E-state index is 10.4. The number of hydrogen-bond acceptors (Lipinski definition) is 6. The van der Waals surface area contributed by atoms with E-state index in [1.54, 1.807) is 32.1 Å². The van der Waals surface area contributed by atoms with Gasteiger partial charge in [-0.3, -0.25) is 14.2 Å². The Bertz CT molecular complexity index is 490. The van der Waals surface area contributed by atoms with Gasteiger partial charge in [0.05, 0.1) is 12.4 Å². The van der Waals surface area contributed by atoms with Gasteiger partial charge in [0.1, 0.15) is 6.04 Å². The van der Waals surface area contributed by atoms with E-state index in [4.69, 9.17) is 9.66 Å². The van der Waals surface area contributed by atoms with Crippen molar-refractivity contribution in [2.24, 2.45) is 0 Å². The first-order valence-corrected chi connectivity index (χ1v) is 8.32. The van der Waals surface area contributed by atoms with Crippen LogP contribution in [0.25, 0.3) is 0 Å². The van der Waals surface area contributed by atoms with Gasteiger partial charge in [-0.2, -0.15) is 8.42 Å². The van der Waals surface area contributed by atoms with Crippen LogP contribution in [0.3, 0.4) is 0 Å². The molecular formula is C13H25N3O5S. The highest BCUT2D eigenvalue weighted by Crippen LogP contribution is 2.06. The maximum atomic E-state index is 10.4. The van der Waals surface area contributed by atoms with E-state index in [-0.39, 0.29) is 11.8 Å². The molecule has 0 radical (unpaired) electrons. The zero-order valence-electron chi connectivity index (χ0n) is 13.2. The van der Waals surface area contributed by atoms with Crippen molar-refractivity contribution in [3.05, 3.63) is 25.2 Å². The Hall–Kier alpha value is -1.58. The fraction of sp³-hybridized carbons (Fsp3) is 0.615. The molecule has 9 heteroatoms. The fourth-order valence-electron chi connectivity index (χ4n) is 1.42. The van der Waals surface area contributed by atoms with Crippen LogP contribution in [0.15, 0.2) is 25.2 Å². The van der Waals surface area contributed by atoms with Crippen molar-refractivity contribution in [3.8, 4) is 0 Å². The highest BCUT2D eigenvalue weighted by Gasteiger charge is 2.11. The molecule has 0 aromatic rings.